The van der Waals surface area contributed by atoms with Crippen LogP contribution >= 0.6 is 22.6 Å². The molecule has 0 saturated heterocycles. The predicted molar refractivity (Wildman–Crippen MR) is 45.8 cm³/mol. The van der Waals surface area contributed by atoms with Crippen molar-refractivity contribution in [2.75, 3.05) is 13.2 Å². The molecule has 1 N–H and O–H groups in total. The Bertz CT molecular complexity index is 99.6. The molecule has 0 heterocycles. The van der Waals surface area contributed by atoms with Gasteiger partial charge in [0.05, 0.1) is 13.0 Å². The lowest BCUT2D eigenvalue weighted by atomic mass is 10.4. The first-order valence-electron chi connectivity index (χ1n) is 2.98. The van der Waals surface area contributed by atoms with Crippen LogP contribution in [0.25, 0.3) is 0 Å². The Morgan fingerprint density at radius 3 is 3.00 bits per heavy atom. The molecule has 0 atom stereocenters. The van der Waals surface area contributed by atoms with Crippen molar-refractivity contribution in [3.63, 3.8) is 0 Å². The number of ether oxygens (including phenoxy) is 1. The Labute approximate surface area is 69.8 Å². The Morgan fingerprint density at radius 2 is 2.50 bits per heavy atom. The van der Waals surface area contributed by atoms with E-state index in [2.05, 4.69) is 16.4 Å². The summed E-state index contributed by atoms with van der Waals surface area (Å²) in [5.74, 6) is -0.0477. The van der Waals surface area contributed by atoms with Crippen LogP contribution in [0.5, 0.6) is 0 Å². The maximum Gasteiger partial charge on any atom is 0.232 e. The zero-order chi connectivity index (χ0) is 7.82. The van der Waals surface area contributed by atoms with Gasteiger partial charge in [-0.1, -0.05) is 11.7 Å². The van der Waals surface area contributed by atoms with Crippen molar-refractivity contribution in [2.24, 2.45) is 0 Å². The van der Waals surface area contributed by atoms with Gasteiger partial charge in [0.1, 0.15) is 0 Å². The second-order valence-corrected chi connectivity index (χ2v) is 2.50. The van der Waals surface area contributed by atoms with Gasteiger partial charge in [-0.05, 0) is 6.92 Å². The number of rotatable bonds is 5. The molecule has 0 rings (SSSR count). The van der Waals surface area contributed by atoms with Crippen molar-refractivity contribution in [2.45, 2.75) is 13.3 Å². The number of carbonyl (C=O) groups is 1. The van der Waals surface area contributed by atoms with Gasteiger partial charge in [0.2, 0.25) is 5.91 Å². The van der Waals surface area contributed by atoms with Gasteiger partial charge < -0.3 is 4.74 Å². The van der Waals surface area contributed by atoms with Gasteiger partial charge in [-0.3, -0.25) is 9.52 Å². The van der Waals surface area contributed by atoms with Crippen LogP contribution in [0.3, 0.4) is 0 Å². The van der Waals surface area contributed by atoms with Gasteiger partial charge in [0.15, 0.2) is 0 Å². The average Bonchev–Trinajstić information content (AvgIpc) is 1.89. The minimum absolute atomic E-state index is 0.0477. The highest BCUT2D eigenvalue weighted by molar-refractivity contribution is 8.68. The number of nitrogens with one attached hydrogen (secondary N) is 1. The van der Waals surface area contributed by atoms with Crippen LogP contribution in [0.15, 0.2) is 0 Å². The monoisotopic (exact) mass is 181 g/mol. The molecule has 0 aliphatic heterocycles. The maximum absolute atomic E-state index is 10.7. The van der Waals surface area contributed by atoms with Crippen molar-refractivity contribution in [1.82, 2.24) is 4.72 Å². The molecule has 0 aromatic heterocycles. The lowest BCUT2D eigenvalue weighted by molar-refractivity contribution is -0.120. The van der Waals surface area contributed by atoms with Gasteiger partial charge >= 0.3 is 0 Å². The molecule has 0 aromatic carbocycles. The highest BCUT2D eigenvalue weighted by Crippen LogP contribution is 1.97. The van der Waals surface area contributed by atoms with Crippen molar-refractivity contribution in [3.8, 4) is 0 Å². The van der Waals surface area contributed by atoms with Crippen LogP contribution < -0.4 is 4.72 Å². The summed E-state index contributed by atoms with van der Waals surface area (Å²) in [5.41, 5.74) is 0. The van der Waals surface area contributed by atoms with Gasteiger partial charge in [-0.15, -0.1) is 0 Å². The number of hydrogen-bond donors (Lipinski definition) is 2. The minimum atomic E-state index is -0.0477. The first-order valence-corrected chi connectivity index (χ1v) is 4.85. The Hall–Kier alpha value is 0.130. The third-order valence-electron chi connectivity index (χ3n) is 0.837. The second-order valence-electron chi connectivity index (χ2n) is 1.56. The summed E-state index contributed by atoms with van der Waals surface area (Å²) in [6.45, 7) is 3.03. The van der Waals surface area contributed by atoms with E-state index >= 15 is 0 Å². The number of hydrogen-bond acceptors (Lipinski definition) is 4. The zero-order valence-corrected chi connectivity index (χ0v) is 7.50. The van der Waals surface area contributed by atoms with E-state index in [1.165, 1.54) is 0 Å². The predicted octanol–water partition coefficient (Wildman–Crippen LogP) is 1.02. The van der Waals surface area contributed by atoms with Crippen LogP contribution in [0.1, 0.15) is 13.3 Å². The molecule has 0 spiro atoms. The van der Waals surface area contributed by atoms with Crippen molar-refractivity contribution in [1.29, 1.82) is 0 Å². The summed E-state index contributed by atoms with van der Waals surface area (Å²) in [7, 11) is 1.01. The van der Waals surface area contributed by atoms with E-state index in [0.717, 1.165) is 11.0 Å². The van der Waals surface area contributed by atoms with Crippen LogP contribution in [-0.2, 0) is 9.53 Å². The lowest BCUT2D eigenvalue weighted by Crippen LogP contribution is -2.16. The van der Waals surface area contributed by atoms with E-state index in [9.17, 15) is 4.79 Å². The largest absolute Gasteiger partial charge is 0.381 e. The molecule has 1 amide bonds. The smallest absolute Gasteiger partial charge is 0.232 e. The molecule has 0 aliphatic rings. The van der Waals surface area contributed by atoms with E-state index in [4.69, 9.17) is 4.74 Å². The molecule has 0 aromatic rings. The maximum atomic E-state index is 10.7. The molecule has 5 heteroatoms. The number of carbonyl (C=O) groups excluding carboxylic acids is 1. The SMILES string of the molecule is CCOCCC(=O)NSS. The van der Waals surface area contributed by atoms with Crippen molar-refractivity contribution < 1.29 is 9.53 Å². The third-order valence-corrected chi connectivity index (χ3v) is 1.43. The van der Waals surface area contributed by atoms with Gasteiger partial charge in [-0.2, -0.15) is 0 Å². The summed E-state index contributed by atoms with van der Waals surface area (Å²) in [5, 5.41) is 0. The van der Waals surface area contributed by atoms with Gasteiger partial charge in [-0.25, -0.2) is 0 Å². The van der Waals surface area contributed by atoms with Crippen LogP contribution in [0.4, 0.5) is 0 Å². The molecule has 0 unspecified atom stereocenters. The lowest BCUT2D eigenvalue weighted by Gasteiger charge is -1.99. The van der Waals surface area contributed by atoms with E-state index in [-0.39, 0.29) is 5.91 Å². The topological polar surface area (TPSA) is 38.3 Å². The van der Waals surface area contributed by atoms with E-state index < -0.39 is 0 Å². The molecule has 0 fully saturated rings. The summed E-state index contributed by atoms with van der Waals surface area (Å²) in [6.07, 6.45) is 0.404. The number of amides is 1. The quantitative estimate of drug-likeness (QED) is 0.288. The average molecular weight is 181 g/mol. The normalized spacial score (nSPS) is 9.40. The molecular formula is C5H11NO2S2. The van der Waals surface area contributed by atoms with Crippen molar-refractivity contribution in [3.05, 3.63) is 0 Å². The Kier molecular flexibility index (Phi) is 7.33. The summed E-state index contributed by atoms with van der Waals surface area (Å²) >= 11 is 3.75. The fourth-order valence-electron chi connectivity index (χ4n) is 0.411. The van der Waals surface area contributed by atoms with E-state index in [0.29, 0.717) is 19.6 Å². The minimum Gasteiger partial charge on any atom is -0.381 e. The second kappa shape index (κ2) is 7.24. The fourth-order valence-corrected chi connectivity index (χ4v) is 0.920. The highest BCUT2D eigenvalue weighted by atomic mass is 33.1. The summed E-state index contributed by atoms with van der Waals surface area (Å²) < 4.78 is 7.42. The molecule has 10 heavy (non-hydrogen) atoms. The molecule has 60 valence electrons. The number of thiol groups is 1. The highest BCUT2D eigenvalue weighted by Gasteiger charge is 1.97. The Balaban J connectivity index is 3.05. The first kappa shape index (κ1) is 10.1. The third kappa shape index (κ3) is 6.25. The molecule has 3 nitrogen and oxygen atoms in total. The molecule has 0 aliphatic carbocycles. The zero-order valence-electron chi connectivity index (χ0n) is 5.79. The molecule has 0 radical (unpaired) electrons. The fraction of sp³-hybridized carbons (Fsp3) is 0.800. The standard InChI is InChI=1S/C5H11NO2S2/c1-2-8-4-3-5(7)6-10-9/h9H,2-4H2,1H3,(H,6,7). The van der Waals surface area contributed by atoms with Crippen molar-refractivity contribution >= 4 is 28.5 Å². The first-order chi connectivity index (χ1) is 4.81. The molecule has 0 saturated carbocycles. The van der Waals surface area contributed by atoms with Gasteiger partial charge in [0, 0.05) is 17.6 Å². The molecule has 0 bridgehead atoms. The van der Waals surface area contributed by atoms with Crippen LogP contribution in [-0.4, -0.2) is 19.1 Å². The Morgan fingerprint density at radius 1 is 1.80 bits per heavy atom. The summed E-state index contributed by atoms with van der Waals surface area (Å²) in [6, 6.07) is 0. The van der Waals surface area contributed by atoms with E-state index in [1.54, 1.807) is 0 Å². The van der Waals surface area contributed by atoms with Crippen LogP contribution in [0.2, 0.25) is 0 Å². The van der Waals surface area contributed by atoms with E-state index in [1.807, 2.05) is 6.92 Å². The van der Waals surface area contributed by atoms with Crippen LogP contribution in [0, 0.1) is 0 Å². The van der Waals surface area contributed by atoms with Gasteiger partial charge in [0.25, 0.3) is 0 Å². The summed E-state index contributed by atoms with van der Waals surface area (Å²) in [4.78, 5) is 10.7. The molecular weight excluding hydrogens is 170 g/mol.